The number of hydrogen-bond acceptors (Lipinski definition) is 18. The normalized spacial score (nSPS) is 29.9. The van der Waals surface area contributed by atoms with E-state index in [9.17, 15) is 54.4 Å². The lowest BCUT2D eigenvalue weighted by Gasteiger charge is -2.38. The predicted octanol–water partition coefficient (Wildman–Crippen LogP) is 7.41. The van der Waals surface area contributed by atoms with Gasteiger partial charge in [0.25, 0.3) is 11.7 Å². The number of aromatic nitrogens is 1. The number of phenolic OH excluding ortho intramolecular Hbond substituents is 2. The molecule has 5 bridgehead atoms. The molecule has 0 radical (unpaired) electrons. The third-order valence-electron chi connectivity index (χ3n) is 16.5. The number of benzene rings is 2. The van der Waals surface area contributed by atoms with Crippen molar-refractivity contribution >= 4 is 68.9 Å². The first-order chi connectivity index (χ1) is 38.4. The lowest BCUT2D eigenvalue weighted by atomic mass is 9.78. The highest BCUT2D eigenvalue weighted by Gasteiger charge is 2.52. The molecule has 2 aromatic carbocycles. The minimum atomic E-state index is -2.08. The van der Waals surface area contributed by atoms with Crippen LogP contribution in [-0.2, 0) is 28.5 Å². The molecular formula is C57H66ClFN6O16. The smallest absolute Gasteiger partial charge is 0.407 e. The van der Waals surface area contributed by atoms with Crippen LogP contribution in [0.3, 0.4) is 0 Å². The highest BCUT2D eigenvalue weighted by atomic mass is 35.5. The molecule has 1 saturated carbocycles. The zero-order chi connectivity index (χ0) is 58.7. The van der Waals surface area contributed by atoms with Crippen LogP contribution in [0.1, 0.15) is 100 Å². The van der Waals surface area contributed by atoms with Crippen LogP contribution in [0.15, 0.2) is 75.4 Å². The maximum atomic E-state index is 16.1. The number of carbonyl (C=O) groups is 4. The molecule has 7 aliphatic rings. The number of nitrogens with one attached hydrogen (secondary N) is 2. The molecule has 2 aliphatic carbocycles. The number of fused-ring (bicyclic) bond motifs is 15. The van der Waals surface area contributed by atoms with Crippen LogP contribution in [0, 0.1) is 34.4 Å². The van der Waals surface area contributed by atoms with Crippen LogP contribution in [0.25, 0.3) is 16.5 Å². The van der Waals surface area contributed by atoms with Crippen molar-refractivity contribution in [2.45, 2.75) is 110 Å². The minimum absolute atomic E-state index is 0.0247. The number of ketones is 1. The number of halogens is 2. The number of carbonyl (C=O) groups excluding carboxylic acids is 3. The van der Waals surface area contributed by atoms with E-state index in [-0.39, 0.29) is 106 Å². The average molecular weight is 1150 g/mol. The molecule has 1 aromatic heterocycles. The van der Waals surface area contributed by atoms with E-state index >= 15 is 4.39 Å². The first-order valence-electron chi connectivity index (χ1n) is 26.8. The molecule has 3 aromatic rings. The fourth-order valence-corrected chi connectivity index (χ4v) is 12.1. The Morgan fingerprint density at radius 2 is 1.64 bits per heavy atom. The van der Waals surface area contributed by atoms with E-state index in [0.29, 0.717) is 19.3 Å². The number of Topliss-reactive ketones (excluding diaryl/α,β-unsaturated/α-hetero) is 1. The van der Waals surface area contributed by atoms with Crippen LogP contribution in [0.5, 0.6) is 11.5 Å². The van der Waals surface area contributed by atoms with Gasteiger partial charge in [0.15, 0.2) is 17.2 Å². The Hall–Kier alpha value is -7.31. The maximum Gasteiger partial charge on any atom is 0.407 e. The molecule has 81 heavy (non-hydrogen) atoms. The van der Waals surface area contributed by atoms with Gasteiger partial charge in [-0.1, -0.05) is 57.5 Å². The number of aliphatic hydroxyl groups is 2. The number of aromatic carboxylic acids is 1. The second-order valence-electron chi connectivity index (χ2n) is 21.8. The van der Waals surface area contributed by atoms with Crippen LogP contribution in [-0.4, -0.2) is 137 Å². The van der Waals surface area contributed by atoms with Crippen LogP contribution in [0.4, 0.5) is 26.2 Å². The molecule has 7 N–H and O–H groups in total. The van der Waals surface area contributed by atoms with Crippen molar-refractivity contribution in [1.82, 2.24) is 9.88 Å². The van der Waals surface area contributed by atoms with Gasteiger partial charge in [0.2, 0.25) is 5.43 Å². The van der Waals surface area contributed by atoms with Crippen molar-refractivity contribution in [3.8, 4) is 11.5 Å². The van der Waals surface area contributed by atoms with Crippen molar-refractivity contribution in [3.05, 3.63) is 108 Å². The maximum absolute atomic E-state index is 16.1. The second-order valence-corrected chi connectivity index (χ2v) is 22.2. The summed E-state index contributed by atoms with van der Waals surface area (Å²) in [5, 5.41) is 66.6. The first kappa shape index (κ1) is 58.3. The Morgan fingerprint density at radius 1 is 0.938 bits per heavy atom. The van der Waals surface area contributed by atoms with Gasteiger partial charge in [0.05, 0.1) is 76.6 Å². The number of nitrogens with zero attached hydrogens (tertiary/aromatic N) is 4. The van der Waals surface area contributed by atoms with Crippen LogP contribution < -0.4 is 25.9 Å². The number of aliphatic hydroxyl groups excluding tert-OH is 2. The highest BCUT2D eigenvalue weighted by Crippen LogP contribution is 2.58. The summed E-state index contributed by atoms with van der Waals surface area (Å²) >= 11 is 6.93. The summed E-state index contributed by atoms with van der Waals surface area (Å²) < 4.78 is 47.9. The molecule has 2 saturated heterocycles. The molecule has 24 heteroatoms. The molecule has 22 nitrogen and oxygen atoms in total. The van der Waals surface area contributed by atoms with Crippen molar-refractivity contribution in [2.24, 2.45) is 28.8 Å². The van der Waals surface area contributed by atoms with Gasteiger partial charge in [0.1, 0.15) is 40.4 Å². The molecular weight excluding hydrogens is 1080 g/mol. The summed E-state index contributed by atoms with van der Waals surface area (Å²) in [5.41, 5.74) is -2.76. The quantitative estimate of drug-likeness (QED) is 0.0656. The zero-order valence-electron chi connectivity index (χ0n) is 46.0. The zero-order valence-corrected chi connectivity index (χ0v) is 46.7. The molecule has 2 amide bonds. The SMILES string of the molecule is CO[C@H]1/C=C/O[C@@]2(C)OC3=C(C)C(=O)c4c(O)c(c(N5CCOCC5)c(O)c4C3=C2N=O)NC(=O)/C(C)=C\C=C\[C@H](C)[C@H](O)[C@@H](C)[C@@H](O)[C@@H](C)[C@H](OC(=O)NC2CCN(c3c(F)cc4c(=O)c(C(=O)O)cn(C5CC5)c4c3Cl)C2)[C@@H]1C. The average Bonchev–Trinajstić information content (AvgIpc) is 4.09. The standard InChI is InChI=1S/C57H66ClFN6O16/c1-25-10-9-11-26(2)54(72)61-41-44(63-17-20-78-21-18-63)50(71)37-38(49(41)70)47(68)30(6)52-39(37)53(62-76)57(7,81-52)79-19-15-36(77-8)27(3)51(29(5)46(67)28(4)45(25)66)80-56(75)60-31-14-16-64(23-31)43-35(59)22-33-42(40(43)58)65(32-12-13-32)24-34(48(33)69)55(73)74/h9-11,15,19,22,24-25,27-29,31-32,36,45-46,51,66-67,70-71H,12-14,16-18,20-21,23H2,1-8H3,(H,60,75)(H,61,72)(H,73,74)/b10-9+,19-15+,26-11-/t25-,27+,28+,29+,31?,36-,45-,46+,51+,57-/m0/s1. The van der Waals surface area contributed by atoms with E-state index in [1.165, 1.54) is 46.2 Å². The number of rotatable bonds is 8. The van der Waals surface area contributed by atoms with E-state index in [1.807, 2.05) is 0 Å². The van der Waals surface area contributed by atoms with Crippen molar-refractivity contribution in [1.29, 1.82) is 0 Å². The first-order valence-corrected chi connectivity index (χ1v) is 27.2. The molecule has 0 spiro atoms. The van der Waals surface area contributed by atoms with E-state index in [4.69, 9.17) is 35.3 Å². The number of pyridine rings is 1. The number of hydrogen-bond donors (Lipinski definition) is 7. The molecule has 10 atom stereocenters. The largest absolute Gasteiger partial charge is 0.505 e. The Bertz CT molecular complexity index is 3330. The molecule has 10 rings (SSSR count). The number of amides is 2. The van der Waals surface area contributed by atoms with Gasteiger partial charge in [0, 0.05) is 92.8 Å². The fourth-order valence-electron chi connectivity index (χ4n) is 11.7. The van der Waals surface area contributed by atoms with E-state index < -0.39 is 123 Å². The summed E-state index contributed by atoms with van der Waals surface area (Å²) in [6, 6.07) is 0.227. The van der Waals surface area contributed by atoms with Crippen molar-refractivity contribution in [3.63, 3.8) is 0 Å². The number of morpholine rings is 1. The van der Waals surface area contributed by atoms with E-state index in [2.05, 4.69) is 15.8 Å². The highest BCUT2D eigenvalue weighted by molar-refractivity contribution is 6.38. The Morgan fingerprint density at radius 3 is 2.30 bits per heavy atom. The molecule has 6 heterocycles. The molecule has 5 aliphatic heterocycles. The van der Waals surface area contributed by atoms with Gasteiger partial charge in [-0.05, 0) is 50.4 Å². The number of allylic oxidation sites excluding steroid dienone is 4. The van der Waals surface area contributed by atoms with Gasteiger partial charge in [-0.25, -0.2) is 14.0 Å². The van der Waals surface area contributed by atoms with E-state index in [0.717, 1.165) is 12.3 Å². The number of anilines is 3. The lowest BCUT2D eigenvalue weighted by Crippen LogP contribution is -2.48. The Labute approximate surface area is 470 Å². The molecule has 434 valence electrons. The number of nitroso groups, excluding NO2 is 1. The van der Waals surface area contributed by atoms with E-state index in [1.54, 1.807) is 54.2 Å². The monoisotopic (exact) mass is 1140 g/mol. The molecule has 3 fully saturated rings. The van der Waals surface area contributed by atoms with Gasteiger partial charge < -0.3 is 74.2 Å². The number of methoxy groups -OCH3 is 1. The third-order valence-corrected chi connectivity index (χ3v) is 16.9. The van der Waals surface area contributed by atoms with Gasteiger partial charge in [-0.2, -0.15) is 0 Å². The second kappa shape index (κ2) is 22.9. The lowest BCUT2D eigenvalue weighted by molar-refractivity contribution is -0.126. The number of carboxylic acids is 1. The van der Waals surface area contributed by atoms with Crippen molar-refractivity contribution in [2.75, 3.05) is 61.6 Å². The Kier molecular flexibility index (Phi) is 16.5. The predicted molar refractivity (Wildman–Crippen MR) is 296 cm³/mol. The molecule has 1 unspecified atom stereocenters. The number of ether oxygens (including phenoxy) is 5. The number of aromatic hydroxyl groups is 2. The van der Waals surface area contributed by atoms with Gasteiger partial charge in [-0.15, -0.1) is 4.91 Å². The van der Waals surface area contributed by atoms with Gasteiger partial charge >= 0.3 is 12.1 Å². The summed E-state index contributed by atoms with van der Waals surface area (Å²) in [6.07, 6.45) is 4.58. The van der Waals surface area contributed by atoms with Crippen molar-refractivity contribution < 1.29 is 72.8 Å². The van der Waals surface area contributed by atoms with Crippen LogP contribution >= 0.6 is 11.6 Å². The van der Waals surface area contributed by atoms with Gasteiger partial charge in [-0.3, -0.25) is 14.4 Å². The van der Waals surface area contributed by atoms with Crippen LogP contribution in [0.2, 0.25) is 5.02 Å². The fraction of sp³-hybridized carbons (Fsp3) is 0.491. The Balaban J connectivity index is 1.05. The summed E-state index contributed by atoms with van der Waals surface area (Å²) in [4.78, 5) is 84.0. The summed E-state index contributed by atoms with van der Waals surface area (Å²) in [6.45, 7) is 12.0. The number of carboxylic acid groups (broad SMARTS) is 1. The summed E-state index contributed by atoms with van der Waals surface area (Å²) in [5.74, 6) is -10.5. The third kappa shape index (κ3) is 10.6. The minimum Gasteiger partial charge on any atom is -0.505 e. The topological polar surface area (TPSA) is 298 Å². The number of alkyl carbamates (subject to hydrolysis) is 1. The summed E-state index contributed by atoms with van der Waals surface area (Å²) in [7, 11) is 1.38. The number of phenols is 2.